The van der Waals surface area contributed by atoms with Crippen molar-refractivity contribution in [3.8, 4) is 17.1 Å². The van der Waals surface area contributed by atoms with Gasteiger partial charge in [0.05, 0.1) is 12.2 Å². The highest BCUT2D eigenvalue weighted by atomic mass is 32.1. The lowest BCUT2D eigenvalue weighted by atomic mass is 10.2. The maximum atomic E-state index is 5.49. The number of H-pyrrole nitrogens is 2. The van der Waals surface area contributed by atoms with Crippen LogP contribution in [0.5, 0.6) is 5.75 Å². The maximum absolute atomic E-state index is 5.49. The van der Waals surface area contributed by atoms with Crippen LogP contribution in [0.15, 0.2) is 24.3 Å². The van der Waals surface area contributed by atoms with Crippen LogP contribution in [-0.2, 0) is 0 Å². The Hall–Kier alpha value is -1.62. The quantitative estimate of drug-likeness (QED) is 0.783. The first-order valence-corrected chi connectivity index (χ1v) is 5.09. The third kappa shape index (κ3) is 2.07. The van der Waals surface area contributed by atoms with Gasteiger partial charge in [-0.2, -0.15) is 4.98 Å². The molecule has 0 unspecified atom stereocenters. The molecule has 0 atom stereocenters. The Bertz CT molecular complexity index is 503. The molecule has 2 aromatic rings. The van der Waals surface area contributed by atoms with Gasteiger partial charge in [-0.25, -0.2) is 0 Å². The van der Waals surface area contributed by atoms with Crippen molar-refractivity contribution in [3.63, 3.8) is 0 Å². The molecule has 2 N–H and O–H groups in total. The summed E-state index contributed by atoms with van der Waals surface area (Å²) in [4.78, 5) is 4.15. The van der Waals surface area contributed by atoms with Gasteiger partial charge in [-0.15, -0.1) is 0 Å². The summed E-state index contributed by atoms with van der Waals surface area (Å²) in [5.41, 5.74) is 0.909. The van der Waals surface area contributed by atoms with E-state index < -0.39 is 0 Å². The molecule has 0 aliphatic rings. The van der Waals surface area contributed by atoms with Crippen LogP contribution in [0.4, 0.5) is 0 Å². The van der Waals surface area contributed by atoms with Gasteiger partial charge in [0.25, 0.3) is 0 Å². The monoisotopic (exact) mass is 221 g/mol. The Kier molecular flexibility index (Phi) is 2.82. The number of hydrogen-bond acceptors (Lipinski definition) is 3. The molecule has 0 radical (unpaired) electrons. The number of para-hydroxylation sites is 1. The summed E-state index contributed by atoms with van der Waals surface area (Å²) < 4.78 is 5.93. The highest BCUT2D eigenvalue weighted by Gasteiger charge is 2.07. The number of nitrogens with zero attached hydrogens (tertiary/aromatic N) is 1. The van der Waals surface area contributed by atoms with Crippen LogP contribution in [0, 0.1) is 4.77 Å². The van der Waals surface area contributed by atoms with E-state index in [0.717, 1.165) is 11.3 Å². The summed E-state index contributed by atoms with van der Waals surface area (Å²) in [7, 11) is 0. The van der Waals surface area contributed by atoms with Gasteiger partial charge in [-0.1, -0.05) is 12.1 Å². The van der Waals surface area contributed by atoms with E-state index in [1.165, 1.54) is 0 Å². The highest BCUT2D eigenvalue weighted by molar-refractivity contribution is 7.71. The zero-order valence-corrected chi connectivity index (χ0v) is 9.10. The Morgan fingerprint density at radius 3 is 2.80 bits per heavy atom. The Morgan fingerprint density at radius 2 is 2.13 bits per heavy atom. The molecule has 0 aliphatic heterocycles. The number of aromatic nitrogens is 3. The zero-order chi connectivity index (χ0) is 10.7. The lowest BCUT2D eigenvalue weighted by Crippen LogP contribution is -1.94. The van der Waals surface area contributed by atoms with E-state index in [0.29, 0.717) is 17.2 Å². The summed E-state index contributed by atoms with van der Waals surface area (Å²) in [6, 6.07) is 7.70. The minimum atomic E-state index is 0.441. The molecule has 15 heavy (non-hydrogen) atoms. The molecule has 1 aromatic heterocycles. The minimum Gasteiger partial charge on any atom is -0.493 e. The molecule has 1 aromatic carbocycles. The fourth-order valence-corrected chi connectivity index (χ4v) is 1.48. The van der Waals surface area contributed by atoms with Gasteiger partial charge in [0.2, 0.25) is 4.77 Å². The van der Waals surface area contributed by atoms with Crippen molar-refractivity contribution >= 4 is 12.2 Å². The standard InChI is InChI=1S/C10H11N3OS/c1-2-14-8-6-4-3-5-7(8)9-11-10(15)13-12-9/h3-6H,2H2,1H3,(H2,11,12,13,15). The molecule has 0 amide bonds. The van der Waals surface area contributed by atoms with Crippen molar-refractivity contribution in [2.75, 3.05) is 6.61 Å². The first-order chi connectivity index (χ1) is 7.31. The SMILES string of the molecule is CCOc1ccccc1-c1nc(=S)[nH][nH]1. The lowest BCUT2D eigenvalue weighted by molar-refractivity contribution is 0.341. The topological polar surface area (TPSA) is 53.7 Å². The third-order valence-electron chi connectivity index (χ3n) is 1.94. The normalized spacial score (nSPS) is 10.2. The maximum Gasteiger partial charge on any atom is 0.213 e. The van der Waals surface area contributed by atoms with Gasteiger partial charge in [-0.05, 0) is 31.3 Å². The van der Waals surface area contributed by atoms with Gasteiger partial charge in [0.15, 0.2) is 5.82 Å². The number of ether oxygens (including phenoxy) is 1. The lowest BCUT2D eigenvalue weighted by Gasteiger charge is -2.06. The second kappa shape index (κ2) is 4.27. The molecular weight excluding hydrogens is 210 g/mol. The van der Waals surface area contributed by atoms with Crippen LogP contribution in [-0.4, -0.2) is 21.8 Å². The van der Waals surface area contributed by atoms with Gasteiger partial charge in [0.1, 0.15) is 5.75 Å². The Morgan fingerprint density at radius 1 is 1.33 bits per heavy atom. The van der Waals surface area contributed by atoms with E-state index in [2.05, 4.69) is 15.2 Å². The van der Waals surface area contributed by atoms with Crippen LogP contribution in [0.2, 0.25) is 0 Å². The molecule has 0 saturated heterocycles. The molecule has 2 rings (SSSR count). The number of benzene rings is 1. The summed E-state index contributed by atoms with van der Waals surface area (Å²) in [5, 5.41) is 5.66. The van der Waals surface area contributed by atoms with Crippen molar-refractivity contribution in [1.29, 1.82) is 0 Å². The van der Waals surface area contributed by atoms with Crippen LogP contribution in [0.1, 0.15) is 6.92 Å². The zero-order valence-electron chi connectivity index (χ0n) is 8.28. The molecule has 0 bridgehead atoms. The number of hydrogen-bond donors (Lipinski definition) is 2. The first kappa shape index (κ1) is 9.92. The molecule has 0 fully saturated rings. The molecule has 78 valence electrons. The first-order valence-electron chi connectivity index (χ1n) is 4.68. The number of aromatic amines is 2. The second-order valence-electron chi connectivity index (χ2n) is 2.94. The second-order valence-corrected chi connectivity index (χ2v) is 3.33. The minimum absolute atomic E-state index is 0.441. The fraction of sp³-hybridized carbons (Fsp3) is 0.200. The van der Waals surface area contributed by atoms with Gasteiger partial charge >= 0.3 is 0 Å². The fourth-order valence-electron chi connectivity index (χ4n) is 1.34. The largest absolute Gasteiger partial charge is 0.493 e. The van der Waals surface area contributed by atoms with Gasteiger partial charge in [0, 0.05) is 0 Å². The number of nitrogens with one attached hydrogen (secondary N) is 2. The van der Waals surface area contributed by atoms with Crippen molar-refractivity contribution in [2.24, 2.45) is 0 Å². The molecule has 1 heterocycles. The molecule has 5 heteroatoms. The van der Waals surface area contributed by atoms with Crippen molar-refractivity contribution in [1.82, 2.24) is 15.2 Å². The molecule has 0 spiro atoms. The average Bonchev–Trinajstić information content (AvgIpc) is 2.66. The van der Waals surface area contributed by atoms with Gasteiger partial charge in [-0.3, -0.25) is 10.2 Å². The Balaban J connectivity index is 2.47. The highest BCUT2D eigenvalue weighted by Crippen LogP contribution is 2.26. The van der Waals surface area contributed by atoms with E-state index >= 15 is 0 Å². The van der Waals surface area contributed by atoms with Crippen LogP contribution in [0.25, 0.3) is 11.4 Å². The van der Waals surface area contributed by atoms with Gasteiger partial charge < -0.3 is 4.74 Å². The Labute approximate surface area is 92.3 Å². The summed E-state index contributed by atoms with van der Waals surface area (Å²) in [6.45, 7) is 2.58. The molecule has 0 aliphatic carbocycles. The summed E-state index contributed by atoms with van der Waals surface area (Å²) in [6.07, 6.45) is 0. The van der Waals surface area contributed by atoms with E-state index in [4.69, 9.17) is 17.0 Å². The molecule has 4 nitrogen and oxygen atoms in total. The van der Waals surface area contributed by atoms with Crippen molar-refractivity contribution in [2.45, 2.75) is 6.92 Å². The van der Waals surface area contributed by atoms with Crippen LogP contribution < -0.4 is 4.74 Å². The van der Waals surface area contributed by atoms with Crippen LogP contribution in [0.3, 0.4) is 0 Å². The summed E-state index contributed by atoms with van der Waals surface area (Å²) >= 11 is 4.90. The van der Waals surface area contributed by atoms with Crippen molar-refractivity contribution < 1.29 is 4.74 Å². The average molecular weight is 221 g/mol. The van der Waals surface area contributed by atoms with Crippen molar-refractivity contribution in [3.05, 3.63) is 29.0 Å². The molecule has 0 saturated carbocycles. The smallest absolute Gasteiger partial charge is 0.213 e. The predicted molar refractivity (Wildman–Crippen MR) is 60.4 cm³/mol. The van der Waals surface area contributed by atoms with Crippen LogP contribution >= 0.6 is 12.2 Å². The van der Waals surface area contributed by atoms with E-state index in [9.17, 15) is 0 Å². The van der Waals surface area contributed by atoms with E-state index in [1.807, 2.05) is 31.2 Å². The van der Waals surface area contributed by atoms with E-state index in [1.54, 1.807) is 0 Å². The summed E-state index contributed by atoms with van der Waals surface area (Å²) in [5.74, 6) is 1.50. The number of rotatable bonds is 3. The third-order valence-corrected chi connectivity index (χ3v) is 2.14. The molecular formula is C10H11N3OS. The predicted octanol–water partition coefficient (Wildman–Crippen LogP) is 2.53. The van der Waals surface area contributed by atoms with E-state index in [-0.39, 0.29) is 0 Å².